The van der Waals surface area contributed by atoms with Crippen LogP contribution in [0.3, 0.4) is 0 Å². The summed E-state index contributed by atoms with van der Waals surface area (Å²) < 4.78 is 26.9. The summed E-state index contributed by atoms with van der Waals surface area (Å²) in [6, 6.07) is 7.19. The fourth-order valence-corrected chi connectivity index (χ4v) is 2.76. The molecule has 1 heterocycles. The zero-order valence-electron chi connectivity index (χ0n) is 11.0. The molecule has 0 saturated heterocycles. The van der Waals surface area contributed by atoms with Gasteiger partial charge in [-0.3, -0.25) is 4.79 Å². The van der Waals surface area contributed by atoms with Gasteiger partial charge in [0.25, 0.3) is 11.8 Å². The Bertz CT molecular complexity index is 636. The van der Waals surface area contributed by atoms with Gasteiger partial charge in [0, 0.05) is 36.2 Å². The Morgan fingerprint density at radius 3 is 3.00 bits per heavy atom. The van der Waals surface area contributed by atoms with Gasteiger partial charge in [-0.15, -0.1) is 0 Å². The van der Waals surface area contributed by atoms with Crippen molar-refractivity contribution in [3.8, 4) is 0 Å². The average Bonchev–Trinajstić information content (AvgIpc) is 3.01. The van der Waals surface area contributed by atoms with Crippen molar-refractivity contribution >= 4 is 16.8 Å². The minimum absolute atomic E-state index is 0.0363. The van der Waals surface area contributed by atoms with Gasteiger partial charge in [0.1, 0.15) is 0 Å². The lowest BCUT2D eigenvalue weighted by atomic mass is 10.1. The third-order valence-corrected chi connectivity index (χ3v) is 3.99. The van der Waals surface area contributed by atoms with Crippen molar-refractivity contribution in [1.82, 2.24) is 10.3 Å². The van der Waals surface area contributed by atoms with Crippen LogP contribution in [0.4, 0.5) is 8.78 Å². The maximum Gasteiger partial charge on any atom is 0.252 e. The molecular formula is C15H16F2N2O. The first-order valence-corrected chi connectivity index (χ1v) is 6.79. The Morgan fingerprint density at radius 1 is 1.40 bits per heavy atom. The fourth-order valence-electron chi connectivity index (χ4n) is 2.76. The topological polar surface area (TPSA) is 44.9 Å². The molecule has 106 valence electrons. The van der Waals surface area contributed by atoms with E-state index in [1.165, 1.54) is 0 Å². The number of H-pyrrole nitrogens is 1. The summed E-state index contributed by atoms with van der Waals surface area (Å²) in [5.74, 6) is -3.68. The molecule has 1 unspecified atom stereocenters. The number of nitrogens with one attached hydrogen (secondary N) is 2. The summed E-state index contributed by atoms with van der Waals surface area (Å²) >= 11 is 0. The molecule has 3 rings (SSSR count). The van der Waals surface area contributed by atoms with Crippen LogP contribution in [0.25, 0.3) is 10.9 Å². The lowest BCUT2D eigenvalue weighted by Gasteiger charge is -2.19. The van der Waals surface area contributed by atoms with E-state index in [9.17, 15) is 13.6 Å². The molecule has 0 aliphatic heterocycles. The zero-order valence-corrected chi connectivity index (χ0v) is 11.0. The van der Waals surface area contributed by atoms with E-state index in [0.717, 1.165) is 10.9 Å². The van der Waals surface area contributed by atoms with Crippen molar-refractivity contribution < 1.29 is 13.6 Å². The lowest BCUT2D eigenvalue weighted by Crippen LogP contribution is -2.35. The third-order valence-electron chi connectivity index (χ3n) is 3.99. The molecule has 1 aliphatic carbocycles. The lowest BCUT2D eigenvalue weighted by molar-refractivity contribution is -0.0352. The second-order valence-corrected chi connectivity index (χ2v) is 5.34. The van der Waals surface area contributed by atoms with Gasteiger partial charge in [-0.1, -0.05) is 6.07 Å². The number of rotatable bonds is 3. The van der Waals surface area contributed by atoms with E-state index in [1.807, 2.05) is 12.1 Å². The molecule has 1 aliphatic rings. The first kappa shape index (κ1) is 13.1. The number of aromatic amines is 1. The number of hydrogen-bond acceptors (Lipinski definition) is 1. The molecule has 0 spiro atoms. The van der Waals surface area contributed by atoms with Crippen molar-refractivity contribution in [1.29, 1.82) is 0 Å². The number of fused-ring (bicyclic) bond motifs is 1. The Labute approximate surface area is 115 Å². The molecule has 0 bridgehead atoms. The highest BCUT2D eigenvalue weighted by Gasteiger charge is 2.43. The summed E-state index contributed by atoms with van der Waals surface area (Å²) in [4.78, 5) is 15.0. The quantitative estimate of drug-likeness (QED) is 0.888. The monoisotopic (exact) mass is 278 g/mol. The van der Waals surface area contributed by atoms with Gasteiger partial charge in [-0.25, -0.2) is 8.78 Å². The van der Waals surface area contributed by atoms with Crippen molar-refractivity contribution in [2.45, 2.75) is 25.2 Å². The number of aromatic nitrogens is 1. The molecule has 0 radical (unpaired) electrons. The number of amides is 1. The summed E-state index contributed by atoms with van der Waals surface area (Å²) in [6.45, 7) is 0.0363. The van der Waals surface area contributed by atoms with Crippen LogP contribution >= 0.6 is 0 Å². The summed E-state index contributed by atoms with van der Waals surface area (Å²) in [6.07, 6.45) is 2.73. The molecular weight excluding hydrogens is 262 g/mol. The molecule has 1 amide bonds. The van der Waals surface area contributed by atoms with Gasteiger partial charge < -0.3 is 10.3 Å². The minimum Gasteiger partial charge on any atom is -0.361 e. The van der Waals surface area contributed by atoms with Gasteiger partial charge >= 0.3 is 0 Å². The third kappa shape index (κ3) is 2.40. The Balaban J connectivity index is 1.67. The first-order valence-electron chi connectivity index (χ1n) is 6.79. The van der Waals surface area contributed by atoms with E-state index in [2.05, 4.69) is 10.3 Å². The Hall–Kier alpha value is -1.91. The van der Waals surface area contributed by atoms with Gasteiger partial charge in [0.05, 0.1) is 0 Å². The second kappa shape index (κ2) is 4.89. The van der Waals surface area contributed by atoms with Crippen molar-refractivity contribution in [2.75, 3.05) is 6.54 Å². The standard InChI is InChI=1S/C15H16F2N2O/c16-15(17)6-1-2-12(15)9-19-14(20)11-4-3-10-5-7-18-13(10)8-11/h3-5,7-8,12,18H,1-2,6,9H2,(H,19,20). The van der Waals surface area contributed by atoms with Crippen LogP contribution in [0.2, 0.25) is 0 Å². The first-order chi connectivity index (χ1) is 9.56. The maximum atomic E-state index is 13.5. The van der Waals surface area contributed by atoms with Crippen LogP contribution in [0, 0.1) is 5.92 Å². The van der Waals surface area contributed by atoms with Crippen molar-refractivity contribution in [2.24, 2.45) is 5.92 Å². The highest BCUT2D eigenvalue weighted by atomic mass is 19.3. The van der Waals surface area contributed by atoms with Crippen LogP contribution in [0.1, 0.15) is 29.6 Å². The smallest absolute Gasteiger partial charge is 0.252 e. The highest BCUT2D eigenvalue weighted by Crippen LogP contribution is 2.39. The molecule has 1 saturated carbocycles. The van der Waals surface area contributed by atoms with Crippen LogP contribution in [0.5, 0.6) is 0 Å². The summed E-state index contributed by atoms with van der Waals surface area (Å²) in [5, 5.41) is 3.64. The highest BCUT2D eigenvalue weighted by molar-refractivity contribution is 5.97. The van der Waals surface area contributed by atoms with E-state index < -0.39 is 11.8 Å². The molecule has 20 heavy (non-hydrogen) atoms. The van der Waals surface area contributed by atoms with E-state index in [4.69, 9.17) is 0 Å². The van der Waals surface area contributed by atoms with Gasteiger partial charge in [-0.05, 0) is 36.4 Å². The predicted octanol–water partition coefficient (Wildman–Crippen LogP) is 3.33. The maximum absolute atomic E-state index is 13.5. The zero-order chi connectivity index (χ0) is 14.2. The van der Waals surface area contributed by atoms with Crippen LogP contribution < -0.4 is 5.32 Å². The predicted molar refractivity (Wildman–Crippen MR) is 72.9 cm³/mol. The number of hydrogen-bond donors (Lipinski definition) is 2. The fraction of sp³-hybridized carbons (Fsp3) is 0.400. The second-order valence-electron chi connectivity index (χ2n) is 5.34. The molecule has 2 N–H and O–H groups in total. The molecule has 2 aromatic rings. The van der Waals surface area contributed by atoms with Crippen molar-refractivity contribution in [3.05, 3.63) is 36.0 Å². The van der Waals surface area contributed by atoms with Gasteiger partial charge in [0.2, 0.25) is 0 Å². The summed E-state index contributed by atoms with van der Waals surface area (Å²) in [7, 11) is 0. The molecule has 1 aromatic carbocycles. The Morgan fingerprint density at radius 2 is 2.25 bits per heavy atom. The largest absolute Gasteiger partial charge is 0.361 e. The normalized spacial score (nSPS) is 21.2. The number of benzene rings is 1. The van der Waals surface area contributed by atoms with Crippen LogP contribution in [-0.4, -0.2) is 23.4 Å². The van der Waals surface area contributed by atoms with Gasteiger partial charge in [-0.2, -0.15) is 0 Å². The van der Waals surface area contributed by atoms with Gasteiger partial charge in [0.15, 0.2) is 0 Å². The number of halogens is 2. The molecule has 5 heteroatoms. The van der Waals surface area contributed by atoms with Crippen LogP contribution in [0.15, 0.2) is 30.5 Å². The minimum atomic E-state index is -2.64. The molecule has 1 fully saturated rings. The van der Waals surface area contributed by atoms with E-state index >= 15 is 0 Å². The number of carbonyl (C=O) groups is 1. The molecule has 1 aromatic heterocycles. The van der Waals surface area contributed by atoms with Crippen molar-refractivity contribution in [3.63, 3.8) is 0 Å². The molecule has 3 nitrogen and oxygen atoms in total. The van der Waals surface area contributed by atoms with Crippen LogP contribution in [-0.2, 0) is 0 Å². The SMILES string of the molecule is O=C(NCC1CCCC1(F)F)c1ccc2cc[nH]c2c1. The average molecular weight is 278 g/mol. The van der Waals surface area contributed by atoms with E-state index in [1.54, 1.807) is 18.3 Å². The molecule has 1 atom stereocenters. The number of carbonyl (C=O) groups excluding carboxylic acids is 1. The van der Waals surface area contributed by atoms with E-state index in [0.29, 0.717) is 18.4 Å². The number of alkyl halides is 2. The van der Waals surface area contributed by atoms with E-state index in [-0.39, 0.29) is 18.9 Å². The summed E-state index contributed by atoms with van der Waals surface area (Å²) in [5.41, 5.74) is 1.35. The Kier molecular flexibility index (Phi) is 3.20.